The first-order valence-corrected chi connectivity index (χ1v) is 14.1. The van der Waals surface area contributed by atoms with Gasteiger partial charge in [-0.15, -0.1) is 0 Å². The van der Waals surface area contributed by atoms with Crippen LogP contribution in [0.3, 0.4) is 0 Å². The highest BCUT2D eigenvalue weighted by Crippen LogP contribution is 2.22. The number of hydrogen-bond donors (Lipinski definition) is 2. The number of aliphatic carboxylic acids is 1. The third-order valence-electron chi connectivity index (χ3n) is 6.90. The molecule has 0 spiro atoms. The summed E-state index contributed by atoms with van der Waals surface area (Å²) in [6.07, 6.45) is 1.14. The van der Waals surface area contributed by atoms with Gasteiger partial charge in [0.15, 0.2) is 0 Å². The predicted octanol–water partition coefficient (Wildman–Crippen LogP) is 2.27. The zero-order valence-corrected chi connectivity index (χ0v) is 22.5. The lowest BCUT2D eigenvalue weighted by atomic mass is 9.98. The third-order valence-corrected chi connectivity index (χ3v) is 8.20. The van der Waals surface area contributed by atoms with Crippen molar-refractivity contribution < 1.29 is 27.9 Å². The lowest BCUT2D eigenvalue weighted by Gasteiger charge is -2.42. The molecule has 38 heavy (non-hydrogen) atoms. The van der Waals surface area contributed by atoms with Gasteiger partial charge in [-0.2, -0.15) is 4.31 Å². The minimum atomic E-state index is -3.34. The summed E-state index contributed by atoms with van der Waals surface area (Å²) in [5.41, 5.74) is 1.81. The third kappa shape index (κ3) is 6.12. The number of aromatic nitrogens is 1. The number of sulfonamides is 1. The molecule has 0 bridgehead atoms. The van der Waals surface area contributed by atoms with Crippen LogP contribution in [0.25, 0.3) is 10.9 Å². The SMILES string of the molecule is Cc1cc(COc2ccc(C(=O)NC[C@](C)(C(=O)O)N3CCN(S(C)(=O)=O)CC3)cc2)c2ccccc2n1. The second kappa shape index (κ2) is 11.1. The van der Waals surface area contributed by atoms with Crippen LogP contribution in [-0.2, 0) is 21.4 Å². The highest BCUT2D eigenvalue weighted by molar-refractivity contribution is 7.88. The summed E-state index contributed by atoms with van der Waals surface area (Å²) in [5.74, 6) is -0.901. The number of carbonyl (C=O) groups is 2. The van der Waals surface area contributed by atoms with Gasteiger partial charge < -0.3 is 15.2 Å². The van der Waals surface area contributed by atoms with Crippen molar-refractivity contribution in [2.45, 2.75) is 26.0 Å². The van der Waals surface area contributed by atoms with E-state index >= 15 is 0 Å². The molecular weight excluding hydrogens is 508 g/mol. The maximum absolute atomic E-state index is 12.8. The van der Waals surface area contributed by atoms with E-state index < -0.39 is 27.4 Å². The van der Waals surface area contributed by atoms with Crippen molar-refractivity contribution in [2.75, 3.05) is 39.0 Å². The molecular formula is C27H32N4O6S. The Morgan fingerprint density at radius 2 is 1.74 bits per heavy atom. The number of nitrogens with one attached hydrogen (secondary N) is 1. The highest BCUT2D eigenvalue weighted by Gasteiger charge is 2.42. The predicted molar refractivity (Wildman–Crippen MR) is 144 cm³/mol. The molecule has 0 radical (unpaired) electrons. The summed E-state index contributed by atoms with van der Waals surface area (Å²) in [4.78, 5) is 31.2. The fourth-order valence-corrected chi connectivity index (χ4v) is 5.39. The van der Waals surface area contributed by atoms with Crippen LogP contribution in [0.15, 0.2) is 54.6 Å². The molecule has 0 unspecified atom stereocenters. The van der Waals surface area contributed by atoms with E-state index in [0.717, 1.165) is 28.4 Å². The monoisotopic (exact) mass is 540 g/mol. The van der Waals surface area contributed by atoms with E-state index in [2.05, 4.69) is 10.3 Å². The number of hydrogen-bond acceptors (Lipinski definition) is 7. The molecule has 1 aliphatic rings. The molecule has 1 amide bonds. The number of aryl methyl sites for hydroxylation is 1. The Kier molecular flexibility index (Phi) is 8.00. The summed E-state index contributed by atoms with van der Waals surface area (Å²) in [7, 11) is -3.34. The van der Waals surface area contributed by atoms with E-state index in [4.69, 9.17) is 4.74 Å². The second-order valence-electron chi connectivity index (χ2n) is 9.66. The number of carboxylic acids is 1. The van der Waals surface area contributed by atoms with Crippen LogP contribution in [0.1, 0.15) is 28.5 Å². The molecule has 3 aromatic rings. The number of amides is 1. The molecule has 4 rings (SSSR count). The van der Waals surface area contributed by atoms with Crippen LogP contribution in [0.4, 0.5) is 0 Å². The van der Waals surface area contributed by atoms with Crippen molar-refractivity contribution in [3.05, 3.63) is 71.4 Å². The van der Waals surface area contributed by atoms with Crippen LogP contribution >= 0.6 is 0 Å². The maximum atomic E-state index is 12.8. The number of carbonyl (C=O) groups excluding carboxylic acids is 1. The molecule has 0 saturated carbocycles. The highest BCUT2D eigenvalue weighted by atomic mass is 32.2. The van der Waals surface area contributed by atoms with Gasteiger partial charge in [-0.1, -0.05) is 18.2 Å². The van der Waals surface area contributed by atoms with Crippen molar-refractivity contribution in [3.8, 4) is 5.75 Å². The van der Waals surface area contributed by atoms with E-state index in [0.29, 0.717) is 17.9 Å². The van der Waals surface area contributed by atoms with Gasteiger partial charge >= 0.3 is 5.97 Å². The van der Waals surface area contributed by atoms with Crippen molar-refractivity contribution in [1.29, 1.82) is 0 Å². The van der Waals surface area contributed by atoms with Crippen molar-refractivity contribution in [1.82, 2.24) is 19.5 Å². The fourth-order valence-electron chi connectivity index (χ4n) is 4.57. The molecule has 2 N–H and O–H groups in total. The summed E-state index contributed by atoms with van der Waals surface area (Å²) in [6.45, 7) is 4.60. The summed E-state index contributed by atoms with van der Waals surface area (Å²) >= 11 is 0. The first-order valence-electron chi connectivity index (χ1n) is 12.3. The summed E-state index contributed by atoms with van der Waals surface area (Å²) in [5, 5.41) is 13.7. The molecule has 202 valence electrons. The number of pyridine rings is 1. The molecule has 1 fully saturated rings. The van der Waals surface area contributed by atoms with E-state index in [1.54, 1.807) is 29.2 Å². The van der Waals surface area contributed by atoms with Crippen LogP contribution in [0.5, 0.6) is 5.75 Å². The number of benzene rings is 2. The van der Waals surface area contributed by atoms with Crippen molar-refractivity contribution >= 4 is 32.8 Å². The number of para-hydroxylation sites is 1. The summed E-state index contributed by atoms with van der Waals surface area (Å²) in [6, 6.07) is 16.5. The van der Waals surface area contributed by atoms with Gasteiger partial charge in [0.1, 0.15) is 17.9 Å². The van der Waals surface area contributed by atoms with E-state index in [9.17, 15) is 23.1 Å². The second-order valence-corrected chi connectivity index (χ2v) is 11.6. The molecule has 0 aliphatic carbocycles. The number of nitrogens with zero attached hydrogens (tertiary/aromatic N) is 3. The molecule has 11 heteroatoms. The maximum Gasteiger partial charge on any atom is 0.325 e. The van der Waals surface area contributed by atoms with Gasteiger partial charge in [-0.25, -0.2) is 8.42 Å². The van der Waals surface area contributed by atoms with Gasteiger partial charge in [0.2, 0.25) is 10.0 Å². The van der Waals surface area contributed by atoms with Gasteiger partial charge in [0.05, 0.1) is 11.8 Å². The van der Waals surface area contributed by atoms with Crippen LogP contribution in [0, 0.1) is 6.92 Å². The minimum absolute atomic E-state index is 0.132. The largest absolute Gasteiger partial charge is 0.489 e. The topological polar surface area (TPSA) is 129 Å². The van der Waals surface area contributed by atoms with E-state index in [1.807, 2.05) is 37.3 Å². The number of carboxylic acid groups (broad SMARTS) is 1. The zero-order chi connectivity index (χ0) is 27.5. The zero-order valence-electron chi connectivity index (χ0n) is 21.7. The molecule has 1 aliphatic heterocycles. The Morgan fingerprint density at radius 3 is 2.37 bits per heavy atom. The normalized spacial score (nSPS) is 16.6. The minimum Gasteiger partial charge on any atom is -0.489 e. The quantitative estimate of drug-likeness (QED) is 0.423. The smallest absolute Gasteiger partial charge is 0.325 e. The van der Waals surface area contributed by atoms with Gasteiger partial charge in [0, 0.05) is 54.9 Å². The van der Waals surface area contributed by atoms with Crippen LogP contribution in [0.2, 0.25) is 0 Å². The van der Waals surface area contributed by atoms with E-state index in [1.165, 1.54) is 11.2 Å². The average molecular weight is 541 g/mol. The molecule has 10 nitrogen and oxygen atoms in total. The Bertz CT molecular complexity index is 1440. The standard InChI is InChI=1S/C27H32N4O6S/c1-19-16-21(23-6-4-5-7-24(23)29-19)17-37-22-10-8-20(9-11-22)25(32)28-18-27(2,26(33)34)30-12-14-31(15-13-30)38(3,35)36/h4-11,16H,12-15,17-18H2,1-3H3,(H,28,32)(H,33,34)/t27-/m1/s1. The van der Waals surface area contributed by atoms with Crippen LogP contribution < -0.4 is 10.1 Å². The Balaban J connectivity index is 1.36. The Hall–Kier alpha value is -3.54. The van der Waals surface area contributed by atoms with Crippen molar-refractivity contribution in [3.63, 3.8) is 0 Å². The van der Waals surface area contributed by atoms with Gasteiger partial charge in [-0.3, -0.25) is 19.5 Å². The lowest BCUT2D eigenvalue weighted by molar-refractivity contribution is -0.151. The van der Waals surface area contributed by atoms with Gasteiger partial charge in [0.25, 0.3) is 5.91 Å². The van der Waals surface area contributed by atoms with Gasteiger partial charge in [-0.05, 0) is 50.2 Å². The molecule has 2 aromatic carbocycles. The van der Waals surface area contributed by atoms with Crippen LogP contribution in [-0.4, -0.2) is 84.1 Å². The molecule has 1 atom stereocenters. The molecule has 1 saturated heterocycles. The Labute approximate surface area is 222 Å². The summed E-state index contributed by atoms with van der Waals surface area (Å²) < 4.78 is 30.8. The number of fused-ring (bicyclic) bond motifs is 1. The number of ether oxygens (including phenoxy) is 1. The first kappa shape index (κ1) is 27.5. The number of rotatable bonds is 9. The molecule has 1 aromatic heterocycles. The molecule has 2 heterocycles. The fraction of sp³-hybridized carbons (Fsp3) is 0.370. The Morgan fingerprint density at radius 1 is 1.08 bits per heavy atom. The first-order chi connectivity index (χ1) is 18.0. The van der Waals surface area contributed by atoms with Crippen molar-refractivity contribution in [2.24, 2.45) is 0 Å². The lowest BCUT2D eigenvalue weighted by Crippen LogP contribution is -2.63. The number of piperazine rings is 1. The average Bonchev–Trinajstić information content (AvgIpc) is 2.89. The van der Waals surface area contributed by atoms with E-state index in [-0.39, 0.29) is 32.7 Å².